The molecular weight excluding hydrogens is 480 g/mol. The summed E-state index contributed by atoms with van der Waals surface area (Å²) in [5.74, 6) is 5.05. The van der Waals surface area contributed by atoms with Gasteiger partial charge >= 0.3 is 12.1 Å². The van der Waals surface area contributed by atoms with Crippen LogP contribution in [0.3, 0.4) is 0 Å². The van der Waals surface area contributed by atoms with E-state index in [1.165, 1.54) is 16.0 Å². The first-order chi connectivity index (χ1) is 18.1. The third-order valence-electron chi connectivity index (χ3n) is 11.0. The lowest BCUT2D eigenvalue weighted by Crippen LogP contribution is -2.56. The number of rotatable bonds is 3. The van der Waals surface area contributed by atoms with Gasteiger partial charge in [0.1, 0.15) is 6.04 Å². The van der Waals surface area contributed by atoms with Gasteiger partial charge in [-0.25, -0.2) is 9.59 Å². The van der Waals surface area contributed by atoms with Gasteiger partial charge in [-0.1, -0.05) is 30.5 Å². The van der Waals surface area contributed by atoms with Gasteiger partial charge in [0.2, 0.25) is 0 Å². The highest BCUT2D eigenvalue weighted by Gasteiger charge is 2.66. The van der Waals surface area contributed by atoms with E-state index < -0.39 is 17.7 Å². The molecule has 0 radical (unpaired) electrons. The zero-order valence-electron chi connectivity index (χ0n) is 23.1. The van der Waals surface area contributed by atoms with Crippen molar-refractivity contribution in [2.24, 2.45) is 28.6 Å². The molecule has 7 heteroatoms. The quantitative estimate of drug-likeness (QED) is 0.371. The first-order valence-corrected chi connectivity index (χ1v) is 14.4. The molecule has 1 saturated heterocycles. The zero-order chi connectivity index (χ0) is 26.9. The Bertz CT molecular complexity index is 1210. The molecule has 3 saturated carbocycles. The Balaban J connectivity index is 1.23. The van der Waals surface area contributed by atoms with Gasteiger partial charge < -0.3 is 14.0 Å². The lowest BCUT2D eigenvalue weighted by atomic mass is 9.46. The number of amides is 1. The summed E-state index contributed by atoms with van der Waals surface area (Å²) in [5.41, 5.74) is 1.58. The highest BCUT2D eigenvalue weighted by molar-refractivity contribution is 5.82. The third kappa shape index (κ3) is 3.58. The summed E-state index contributed by atoms with van der Waals surface area (Å²) in [5, 5.41) is 4.06. The number of hydrogen-bond acceptors (Lipinski definition) is 6. The van der Waals surface area contributed by atoms with Gasteiger partial charge in [0.25, 0.3) is 0 Å². The molecule has 1 aromatic heterocycles. The number of ether oxygens (including phenoxy) is 2. The molecule has 1 aliphatic heterocycles. The molecule has 6 rings (SSSR count). The van der Waals surface area contributed by atoms with Crippen molar-refractivity contribution < 1.29 is 23.6 Å². The summed E-state index contributed by atoms with van der Waals surface area (Å²) < 4.78 is 17.3. The highest BCUT2D eigenvalue weighted by Crippen LogP contribution is 2.68. The maximum atomic E-state index is 13.6. The number of aromatic nitrogens is 1. The van der Waals surface area contributed by atoms with Crippen LogP contribution in [-0.2, 0) is 20.7 Å². The van der Waals surface area contributed by atoms with Gasteiger partial charge in [0, 0.05) is 17.5 Å². The third-order valence-corrected chi connectivity index (χ3v) is 11.0. The van der Waals surface area contributed by atoms with Gasteiger partial charge in [-0.3, -0.25) is 4.90 Å². The van der Waals surface area contributed by atoms with Crippen molar-refractivity contribution >= 4 is 18.1 Å². The van der Waals surface area contributed by atoms with E-state index in [1.807, 2.05) is 20.0 Å². The predicted molar refractivity (Wildman–Crippen MR) is 142 cm³/mol. The van der Waals surface area contributed by atoms with E-state index in [9.17, 15) is 9.59 Å². The number of nitrogens with zero attached hydrogens (tertiary/aromatic N) is 2. The van der Waals surface area contributed by atoms with Crippen LogP contribution in [0.15, 0.2) is 16.3 Å². The molecule has 38 heavy (non-hydrogen) atoms. The van der Waals surface area contributed by atoms with Gasteiger partial charge in [0.15, 0.2) is 11.4 Å². The standard InChI is InChI=1S/C31H40N2O5/c1-6-31(37-27(34)25-8-7-15-33(25)28(35)36-19(2)3)14-12-24-22-10-9-21-16-26-20(18-32-38-26)17-29(21,4)23(22)11-13-30(24,31)5/h1,16,18-19,22-25H,7-15,17H2,2-5H3/t22-,23+,24+,25+,29+,30+,31+/m1/s1. The summed E-state index contributed by atoms with van der Waals surface area (Å²) >= 11 is 0. The van der Waals surface area contributed by atoms with E-state index in [0.717, 1.165) is 50.7 Å². The zero-order valence-corrected chi connectivity index (χ0v) is 23.1. The number of hydrogen-bond donors (Lipinski definition) is 0. The molecule has 4 aliphatic carbocycles. The fraction of sp³-hybridized carbons (Fsp3) is 0.710. The van der Waals surface area contributed by atoms with Gasteiger partial charge in [0.05, 0.1) is 12.3 Å². The minimum absolute atomic E-state index is 0.0992. The van der Waals surface area contributed by atoms with Gasteiger partial charge in [-0.05, 0) is 101 Å². The van der Waals surface area contributed by atoms with E-state index in [0.29, 0.717) is 37.1 Å². The van der Waals surface area contributed by atoms with E-state index in [4.69, 9.17) is 20.4 Å². The van der Waals surface area contributed by atoms with E-state index in [1.54, 1.807) is 0 Å². The molecule has 0 unspecified atom stereocenters. The molecular formula is C31H40N2O5. The van der Waals surface area contributed by atoms with Crippen molar-refractivity contribution in [3.8, 4) is 12.3 Å². The van der Waals surface area contributed by atoms with Gasteiger partial charge in [-0.2, -0.15) is 0 Å². The normalized spacial score (nSPS) is 39.4. The molecule has 0 bridgehead atoms. The topological polar surface area (TPSA) is 81.9 Å². The Hall–Kier alpha value is -2.75. The first-order valence-electron chi connectivity index (χ1n) is 14.4. The second kappa shape index (κ2) is 8.89. The number of fused-ring (bicyclic) bond motifs is 6. The van der Waals surface area contributed by atoms with E-state index in [2.05, 4.69) is 31.0 Å². The van der Waals surface area contributed by atoms with Gasteiger partial charge in [-0.15, -0.1) is 6.42 Å². The van der Waals surface area contributed by atoms with E-state index >= 15 is 0 Å². The Labute approximate surface area is 225 Å². The van der Waals surface area contributed by atoms with Crippen molar-refractivity contribution in [3.05, 3.63) is 23.1 Å². The van der Waals surface area contributed by atoms with Crippen molar-refractivity contribution in [2.75, 3.05) is 6.54 Å². The van der Waals surface area contributed by atoms with Crippen LogP contribution in [0.1, 0.15) is 90.4 Å². The van der Waals surface area contributed by atoms with Crippen LogP contribution in [0.4, 0.5) is 4.79 Å². The monoisotopic (exact) mass is 520 g/mol. The number of carbonyl (C=O) groups excluding carboxylic acids is 2. The van der Waals surface area contributed by atoms with Crippen molar-refractivity contribution in [1.82, 2.24) is 10.1 Å². The number of esters is 1. The maximum absolute atomic E-state index is 13.6. The number of allylic oxidation sites excluding steroid dienone is 1. The molecule has 1 aromatic rings. The number of carbonyl (C=O) groups is 2. The van der Waals surface area contributed by atoms with Crippen LogP contribution >= 0.6 is 0 Å². The molecule has 7 nitrogen and oxygen atoms in total. The molecule has 0 aromatic carbocycles. The fourth-order valence-electron chi connectivity index (χ4n) is 9.06. The second-order valence-electron chi connectivity index (χ2n) is 13.1. The number of terminal acetylenes is 1. The lowest BCUT2D eigenvalue weighted by Gasteiger charge is -2.58. The largest absolute Gasteiger partial charge is 0.447 e. The molecule has 4 fully saturated rings. The van der Waals surface area contributed by atoms with Crippen molar-refractivity contribution in [3.63, 3.8) is 0 Å². The highest BCUT2D eigenvalue weighted by atomic mass is 16.6. The molecule has 0 spiro atoms. The molecule has 7 atom stereocenters. The second-order valence-corrected chi connectivity index (χ2v) is 13.1. The summed E-state index contributed by atoms with van der Waals surface area (Å²) in [6, 6.07) is -0.633. The summed E-state index contributed by atoms with van der Waals surface area (Å²) in [6.45, 7) is 8.82. The predicted octanol–water partition coefficient (Wildman–Crippen LogP) is 5.78. The summed E-state index contributed by atoms with van der Waals surface area (Å²) in [6.07, 6.45) is 17.8. The lowest BCUT2D eigenvalue weighted by molar-refractivity contribution is -0.176. The van der Waals surface area contributed by atoms with Crippen LogP contribution in [0.5, 0.6) is 0 Å². The van der Waals surface area contributed by atoms with Crippen molar-refractivity contribution in [2.45, 2.75) is 103 Å². The molecule has 2 heterocycles. The molecule has 204 valence electrons. The van der Waals surface area contributed by atoms with E-state index in [-0.39, 0.29) is 22.9 Å². The molecule has 5 aliphatic rings. The van der Waals surface area contributed by atoms with Crippen LogP contribution in [0.25, 0.3) is 6.08 Å². The minimum atomic E-state index is -0.943. The Morgan fingerprint density at radius 1 is 1.18 bits per heavy atom. The maximum Gasteiger partial charge on any atom is 0.410 e. The average Bonchev–Trinajstić information content (AvgIpc) is 3.60. The Morgan fingerprint density at radius 3 is 2.74 bits per heavy atom. The minimum Gasteiger partial charge on any atom is -0.447 e. The van der Waals surface area contributed by atoms with Crippen LogP contribution in [-0.4, -0.2) is 46.4 Å². The Morgan fingerprint density at radius 2 is 1.97 bits per heavy atom. The molecule has 1 amide bonds. The SMILES string of the molecule is C#C[C@]1(OC(=O)[C@@H]2CCCN2C(=O)OC(C)C)CC[C@H]2[C@@H]3CCC4=Cc5oncc5C[C@]4(C)[C@H]3CC[C@@]21C. The Kier molecular flexibility index (Phi) is 5.97. The van der Waals surface area contributed by atoms with Crippen LogP contribution in [0.2, 0.25) is 0 Å². The van der Waals surface area contributed by atoms with Crippen LogP contribution in [0, 0.1) is 40.9 Å². The molecule has 0 N–H and O–H groups in total. The van der Waals surface area contributed by atoms with Crippen LogP contribution < -0.4 is 0 Å². The fourth-order valence-corrected chi connectivity index (χ4v) is 9.06. The smallest absolute Gasteiger partial charge is 0.410 e. The average molecular weight is 521 g/mol. The summed E-state index contributed by atoms with van der Waals surface area (Å²) in [4.78, 5) is 27.8. The number of likely N-dealkylation sites (tertiary alicyclic amines) is 1. The first kappa shape index (κ1) is 25.5. The summed E-state index contributed by atoms with van der Waals surface area (Å²) in [7, 11) is 0. The van der Waals surface area contributed by atoms with Crippen molar-refractivity contribution in [1.29, 1.82) is 0 Å².